The van der Waals surface area contributed by atoms with E-state index in [-0.39, 0.29) is 12.5 Å². The lowest BCUT2D eigenvalue weighted by Gasteiger charge is -2.15. The normalized spacial score (nSPS) is 24.2. The molecule has 17 heavy (non-hydrogen) atoms. The highest BCUT2D eigenvalue weighted by atomic mass is 19.3. The number of cyclic esters (lactones) is 1. The molecule has 0 bridgehead atoms. The molecule has 0 aromatic rings. The van der Waals surface area contributed by atoms with Gasteiger partial charge in [0.25, 0.3) is 0 Å². The van der Waals surface area contributed by atoms with Gasteiger partial charge in [-0.1, -0.05) is 0 Å². The Labute approximate surface area is 97.9 Å². The maximum Gasteiger partial charge on any atom is 0.377 e. The number of amides is 1. The van der Waals surface area contributed by atoms with Gasteiger partial charge in [0.05, 0.1) is 12.5 Å². The summed E-state index contributed by atoms with van der Waals surface area (Å²) in [6.07, 6.45) is -1.52. The van der Waals surface area contributed by atoms with Crippen molar-refractivity contribution in [3.05, 3.63) is 0 Å². The van der Waals surface area contributed by atoms with Crippen molar-refractivity contribution in [2.45, 2.75) is 38.3 Å². The average molecular weight is 250 g/mol. The smallest absolute Gasteiger partial charge is 0.377 e. The Morgan fingerprint density at radius 1 is 1.65 bits per heavy atom. The number of carbonyl (C=O) groups is 2. The Bertz CT molecular complexity index is 310. The SMILES string of the molecule is CCNC(=O)C(C)NCC1CC(F)(F)C(=O)O1. The fourth-order valence-corrected chi connectivity index (χ4v) is 1.49. The molecular formula is C10H16F2N2O3. The highest BCUT2D eigenvalue weighted by molar-refractivity contribution is 5.81. The quantitative estimate of drug-likeness (QED) is 0.677. The minimum Gasteiger partial charge on any atom is -0.456 e. The largest absolute Gasteiger partial charge is 0.456 e. The lowest BCUT2D eigenvalue weighted by atomic mass is 10.2. The Morgan fingerprint density at radius 3 is 2.76 bits per heavy atom. The van der Waals surface area contributed by atoms with Gasteiger partial charge in [0.2, 0.25) is 5.91 Å². The van der Waals surface area contributed by atoms with Crippen molar-refractivity contribution in [1.29, 1.82) is 0 Å². The van der Waals surface area contributed by atoms with Crippen LogP contribution in [0.2, 0.25) is 0 Å². The molecule has 2 atom stereocenters. The summed E-state index contributed by atoms with van der Waals surface area (Å²) in [5.74, 6) is -5.11. The van der Waals surface area contributed by atoms with Crippen LogP contribution in [-0.4, -0.2) is 43.0 Å². The van der Waals surface area contributed by atoms with Gasteiger partial charge in [-0.25, -0.2) is 4.79 Å². The van der Waals surface area contributed by atoms with Crippen LogP contribution in [0.15, 0.2) is 0 Å². The van der Waals surface area contributed by atoms with Crippen LogP contribution in [0.25, 0.3) is 0 Å². The number of rotatable bonds is 5. The maximum atomic E-state index is 12.8. The lowest BCUT2D eigenvalue weighted by Crippen LogP contribution is -2.44. The van der Waals surface area contributed by atoms with E-state index in [1.54, 1.807) is 13.8 Å². The molecule has 1 rings (SSSR count). The molecule has 1 amide bonds. The predicted molar refractivity (Wildman–Crippen MR) is 55.6 cm³/mol. The molecule has 1 heterocycles. The van der Waals surface area contributed by atoms with E-state index in [1.807, 2.05) is 0 Å². The third-order valence-corrected chi connectivity index (χ3v) is 2.45. The first-order chi connectivity index (χ1) is 7.86. The highest BCUT2D eigenvalue weighted by Gasteiger charge is 2.50. The number of nitrogens with one attached hydrogen (secondary N) is 2. The summed E-state index contributed by atoms with van der Waals surface area (Å²) in [5, 5.41) is 5.33. The van der Waals surface area contributed by atoms with E-state index in [1.165, 1.54) is 0 Å². The van der Waals surface area contributed by atoms with E-state index in [9.17, 15) is 18.4 Å². The number of halogens is 2. The number of likely N-dealkylation sites (N-methyl/N-ethyl adjacent to an activating group) is 1. The molecule has 0 aliphatic carbocycles. The average Bonchev–Trinajstić information content (AvgIpc) is 2.50. The van der Waals surface area contributed by atoms with Crippen molar-refractivity contribution >= 4 is 11.9 Å². The van der Waals surface area contributed by atoms with Gasteiger partial charge in [0, 0.05) is 13.1 Å². The highest BCUT2D eigenvalue weighted by Crippen LogP contribution is 2.30. The third-order valence-electron chi connectivity index (χ3n) is 2.45. The summed E-state index contributed by atoms with van der Waals surface area (Å²) >= 11 is 0. The zero-order chi connectivity index (χ0) is 13.1. The van der Waals surface area contributed by atoms with Crippen LogP contribution in [0.1, 0.15) is 20.3 Å². The van der Waals surface area contributed by atoms with Crippen molar-refractivity contribution < 1.29 is 23.1 Å². The summed E-state index contributed by atoms with van der Waals surface area (Å²) in [5.41, 5.74) is 0. The Kier molecular flexibility index (Phi) is 4.39. The number of alkyl halides is 2. The van der Waals surface area contributed by atoms with Gasteiger partial charge >= 0.3 is 11.9 Å². The van der Waals surface area contributed by atoms with E-state index in [4.69, 9.17) is 0 Å². The Balaban J connectivity index is 2.33. The molecule has 2 unspecified atom stereocenters. The molecule has 1 saturated heterocycles. The molecule has 1 aliphatic rings. The van der Waals surface area contributed by atoms with E-state index >= 15 is 0 Å². The van der Waals surface area contributed by atoms with E-state index in [0.29, 0.717) is 6.54 Å². The van der Waals surface area contributed by atoms with Crippen LogP contribution in [0, 0.1) is 0 Å². The van der Waals surface area contributed by atoms with Crippen molar-refractivity contribution in [2.24, 2.45) is 0 Å². The molecule has 5 nitrogen and oxygen atoms in total. The summed E-state index contributed by atoms with van der Waals surface area (Å²) in [4.78, 5) is 22.0. The molecular weight excluding hydrogens is 234 g/mol. The standard InChI is InChI=1S/C10H16F2N2O3/c1-3-13-8(15)6(2)14-5-7-4-10(11,12)9(16)17-7/h6-7,14H,3-5H2,1-2H3,(H,13,15). The van der Waals surface area contributed by atoms with E-state index < -0.39 is 30.5 Å². The van der Waals surface area contributed by atoms with Crippen molar-refractivity contribution in [3.63, 3.8) is 0 Å². The van der Waals surface area contributed by atoms with Crippen LogP contribution in [0.5, 0.6) is 0 Å². The number of hydrogen-bond acceptors (Lipinski definition) is 4. The number of ether oxygens (including phenoxy) is 1. The Morgan fingerprint density at radius 2 is 2.29 bits per heavy atom. The van der Waals surface area contributed by atoms with Gasteiger partial charge in [0.1, 0.15) is 6.10 Å². The van der Waals surface area contributed by atoms with Crippen LogP contribution in [-0.2, 0) is 14.3 Å². The first kappa shape index (κ1) is 13.8. The predicted octanol–water partition coefficient (Wildman–Crippen LogP) is 0.0514. The van der Waals surface area contributed by atoms with Gasteiger partial charge in [-0.15, -0.1) is 0 Å². The number of esters is 1. The zero-order valence-electron chi connectivity index (χ0n) is 9.76. The molecule has 0 saturated carbocycles. The monoisotopic (exact) mass is 250 g/mol. The summed E-state index contributed by atoms with van der Waals surface area (Å²) in [6, 6.07) is -0.511. The topological polar surface area (TPSA) is 67.4 Å². The van der Waals surface area contributed by atoms with Crippen LogP contribution >= 0.6 is 0 Å². The van der Waals surface area contributed by atoms with Crippen LogP contribution in [0.4, 0.5) is 8.78 Å². The molecule has 1 fully saturated rings. The fraction of sp³-hybridized carbons (Fsp3) is 0.800. The molecule has 0 spiro atoms. The summed E-state index contributed by atoms with van der Waals surface area (Å²) in [6.45, 7) is 3.94. The first-order valence-electron chi connectivity index (χ1n) is 5.47. The van der Waals surface area contributed by atoms with Crippen molar-refractivity contribution in [2.75, 3.05) is 13.1 Å². The van der Waals surface area contributed by atoms with E-state index in [0.717, 1.165) is 0 Å². The lowest BCUT2D eigenvalue weighted by molar-refractivity contribution is -0.159. The third kappa shape index (κ3) is 3.62. The molecule has 0 aromatic carbocycles. The summed E-state index contributed by atoms with van der Waals surface area (Å²) < 4.78 is 30.1. The second-order valence-electron chi connectivity index (χ2n) is 3.96. The van der Waals surface area contributed by atoms with Crippen LogP contribution in [0.3, 0.4) is 0 Å². The first-order valence-corrected chi connectivity index (χ1v) is 5.47. The molecule has 98 valence electrons. The second kappa shape index (κ2) is 5.39. The minimum absolute atomic E-state index is 0.0413. The van der Waals surface area contributed by atoms with Gasteiger partial charge in [0.15, 0.2) is 0 Å². The van der Waals surface area contributed by atoms with Crippen molar-refractivity contribution in [3.8, 4) is 0 Å². The fourth-order valence-electron chi connectivity index (χ4n) is 1.49. The van der Waals surface area contributed by atoms with E-state index in [2.05, 4.69) is 15.4 Å². The van der Waals surface area contributed by atoms with Gasteiger partial charge < -0.3 is 15.4 Å². The molecule has 0 aromatic heterocycles. The van der Waals surface area contributed by atoms with Crippen LogP contribution < -0.4 is 10.6 Å². The van der Waals surface area contributed by atoms with Gasteiger partial charge in [-0.2, -0.15) is 8.78 Å². The summed E-state index contributed by atoms with van der Waals surface area (Å²) in [7, 11) is 0. The Hall–Kier alpha value is -1.24. The van der Waals surface area contributed by atoms with Gasteiger partial charge in [-0.3, -0.25) is 4.79 Å². The molecule has 2 N–H and O–H groups in total. The van der Waals surface area contributed by atoms with Gasteiger partial charge in [-0.05, 0) is 13.8 Å². The zero-order valence-corrected chi connectivity index (χ0v) is 9.76. The molecule has 7 heteroatoms. The maximum absolute atomic E-state index is 12.8. The minimum atomic E-state index is -3.40. The van der Waals surface area contributed by atoms with Crippen molar-refractivity contribution in [1.82, 2.24) is 10.6 Å². The second-order valence-corrected chi connectivity index (χ2v) is 3.96. The number of hydrogen-bond donors (Lipinski definition) is 2. The number of carbonyl (C=O) groups excluding carboxylic acids is 2. The molecule has 0 radical (unpaired) electrons. The molecule has 1 aliphatic heterocycles.